The quantitative estimate of drug-likeness (QED) is 0.794. The number of likely N-dealkylation sites (N-methyl/N-ethyl adjacent to an activating group) is 1. The van der Waals surface area contributed by atoms with Gasteiger partial charge in [0.25, 0.3) is 5.91 Å². The van der Waals surface area contributed by atoms with Crippen molar-refractivity contribution in [2.24, 2.45) is 0 Å². The number of nitrogens with one attached hydrogen (secondary N) is 2. The van der Waals surface area contributed by atoms with Crippen LogP contribution in [0.15, 0.2) is 53.4 Å². The normalized spacial score (nSPS) is 11.2. The van der Waals surface area contributed by atoms with Crippen LogP contribution in [0.1, 0.15) is 10.4 Å². The molecule has 2 N–H and O–H groups in total. The molecule has 138 valence electrons. The number of amides is 2. The molecular formula is C17H18FN3O4S. The summed E-state index contributed by atoms with van der Waals surface area (Å²) in [5.41, 5.74) is 0.723. The van der Waals surface area contributed by atoms with Crippen molar-refractivity contribution in [1.82, 2.24) is 9.62 Å². The van der Waals surface area contributed by atoms with Crippen molar-refractivity contribution in [3.8, 4) is 0 Å². The number of carbonyl (C=O) groups is 2. The number of nitrogens with zero attached hydrogens (tertiary/aromatic N) is 1. The highest BCUT2D eigenvalue weighted by atomic mass is 32.2. The standard InChI is InChI=1S/C17H18FN3O4S/c1-19-17(23)12-4-3-5-14(10-12)20-16(22)11-21(2)26(24,25)15-8-6-13(18)7-9-15/h3-10H,11H2,1-2H3,(H,19,23)(H,20,22). The van der Waals surface area contributed by atoms with Crippen molar-refractivity contribution in [1.29, 1.82) is 0 Å². The summed E-state index contributed by atoms with van der Waals surface area (Å²) in [4.78, 5) is 23.6. The first-order chi connectivity index (χ1) is 12.2. The van der Waals surface area contributed by atoms with Crippen molar-refractivity contribution in [2.45, 2.75) is 4.90 Å². The van der Waals surface area contributed by atoms with Crippen molar-refractivity contribution in [2.75, 3.05) is 26.0 Å². The van der Waals surface area contributed by atoms with E-state index in [2.05, 4.69) is 10.6 Å². The molecule has 0 aromatic heterocycles. The topological polar surface area (TPSA) is 95.6 Å². The molecule has 0 aliphatic carbocycles. The molecule has 2 aromatic rings. The lowest BCUT2D eigenvalue weighted by Crippen LogP contribution is -2.35. The molecule has 7 nitrogen and oxygen atoms in total. The van der Waals surface area contributed by atoms with Crippen LogP contribution in [0.2, 0.25) is 0 Å². The number of sulfonamides is 1. The Morgan fingerprint density at radius 3 is 2.38 bits per heavy atom. The lowest BCUT2D eigenvalue weighted by atomic mass is 10.2. The van der Waals surface area contributed by atoms with E-state index in [4.69, 9.17) is 0 Å². The zero-order valence-corrected chi connectivity index (χ0v) is 15.0. The van der Waals surface area contributed by atoms with Crippen LogP contribution in [-0.4, -0.2) is 45.2 Å². The van der Waals surface area contributed by atoms with Crippen LogP contribution >= 0.6 is 0 Å². The molecule has 0 radical (unpaired) electrons. The fourth-order valence-corrected chi connectivity index (χ4v) is 3.28. The van der Waals surface area contributed by atoms with Crippen molar-refractivity contribution < 1.29 is 22.4 Å². The first-order valence-corrected chi connectivity index (χ1v) is 9.02. The van der Waals surface area contributed by atoms with E-state index in [-0.39, 0.29) is 10.8 Å². The molecule has 9 heteroatoms. The highest BCUT2D eigenvalue weighted by Crippen LogP contribution is 2.15. The summed E-state index contributed by atoms with van der Waals surface area (Å²) in [6.45, 7) is -0.441. The Bertz CT molecular complexity index is 914. The number of anilines is 1. The molecule has 0 atom stereocenters. The Labute approximate surface area is 150 Å². The van der Waals surface area contributed by atoms with Gasteiger partial charge < -0.3 is 10.6 Å². The zero-order chi connectivity index (χ0) is 19.3. The van der Waals surface area contributed by atoms with Crippen LogP contribution in [0.5, 0.6) is 0 Å². The zero-order valence-electron chi connectivity index (χ0n) is 14.2. The van der Waals surface area contributed by atoms with E-state index in [9.17, 15) is 22.4 Å². The highest BCUT2D eigenvalue weighted by Gasteiger charge is 2.23. The SMILES string of the molecule is CNC(=O)c1cccc(NC(=O)CN(C)S(=O)(=O)c2ccc(F)cc2)c1. The lowest BCUT2D eigenvalue weighted by molar-refractivity contribution is -0.116. The van der Waals surface area contributed by atoms with Crippen LogP contribution in [-0.2, 0) is 14.8 Å². The average Bonchev–Trinajstić information content (AvgIpc) is 2.61. The van der Waals surface area contributed by atoms with Gasteiger partial charge in [0, 0.05) is 25.3 Å². The molecule has 0 saturated carbocycles. The molecule has 0 bridgehead atoms. The molecule has 2 amide bonds. The summed E-state index contributed by atoms with van der Waals surface area (Å²) in [5.74, 6) is -1.44. The Morgan fingerprint density at radius 2 is 1.77 bits per heavy atom. The van der Waals surface area contributed by atoms with Gasteiger partial charge in [-0.3, -0.25) is 9.59 Å². The first kappa shape index (κ1) is 19.5. The van der Waals surface area contributed by atoms with Crippen molar-refractivity contribution in [3.05, 3.63) is 59.9 Å². The summed E-state index contributed by atoms with van der Waals surface area (Å²) >= 11 is 0. The molecule has 0 unspecified atom stereocenters. The minimum absolute atomic E-state index is 0.115. The van der Waals surface area contributed by atoms with Gasteiger partial charge in [-0.05, 0) is 42.5 Å². The molecule has 0 aliphatic heterocycles. The summed E-state index contributed by atoms with van der Waals surface area (Å²) in [6, 6.07) is 10.6. The maximum absolute atomic E-state index is 12.9. The maximum Gasteiger partial charge on any atom is 0.251 e. The van der Waals surface area contributed by atoms with E-state index in [1.165, 1.54) is 20.2 Å². The molecule has 0 saturated heterocycles. The summed E-state index contributed by atoms with van der Waals surface area (Å²) < 4.78 is 38.6. The van der Waals surface area contributed by atoms with Gasteiger partial charge in [-0.2, -0.15) is 4.31 Å². The molecule has 0 fully saturated rings. The number of halogens is 1. The molecule has 0 spiro atoms. The monoisotopic (exact) mass is 379 g/mol. The maximum atomic E-state index is 12.9. The van der Waals surface area contributed by atoms with Gasteiger partial charge in [0.2, 0.25) is 15.9 Å². The smallest absolute Gasteiger partial charge is 0.251 e. The summed E-state index contributed by atoms with van der Waals surface area (Å²) in [6.07, 6.45) is 0. The van der Waals surface area contributed by atoms with E-state index in [1.54, 1.807) is 18.2 Å². The van der Waals surface area contributed by atoms with Gasteiger partial charge in [-0.15, -0.1) is 0 Å². The molecule has 0 aliphatic rings. The van der Waals surface area contributed by atoms with E-state index in [0.29, 0.717) is 11.3 Å². The Morgan fingerprint density at radius 1 is 1.12 bits per heavy atom. The summed E-state index contributed by atoms with van der Waals surface area (Å²) in [5, 5.41) is 5.01. The molecule has 26 heavy (non-hydrogen) atoms. The third kappa shape index (κ3) is 4.64. The van der Waals surface area contributed by atoms with E-state index < -0.39 is 28.3 Å². The molecule has 2 aromatic carbocycles. The number of hydrogen-bond acceptors (Lipinski definition) is 4. The predicted molar refractivity (Wildman–Crippen MR) is 94.7 cm³/mol. The van der Waals surface area contributed by atoms with Gasteiger partial charge in [0.1, 0.15) is 5.82 Å². The Kier molecular flexibility index (Phi) is 6.06. The number of rotatable bonds is 6. The van der Waals surface area contributed by atoms with E-state index in [0.717, 1.165) is 28.6 Å². The van der Waals surface area contributed by atoms with Gasteiger partial charge in [0.15, 0.2) is 0 Å². The Hall–Kier alpha value is -2.78. The number of benzene rings is 2. The van der Waals surface area contributed by atoms with Gasteiger partial charge >= 0.3 is 0 Å². The fourth-order valence-electron chi connectivity index (χ4n) is 2.16. The minimum Gasteiger partial charge on any atom is -0.355 e. The third-order valence-electron chi connectivity index (χ3n) is 3.52. The van der Waals surface area contributed by atoms with Crippen LogP contribution in [0.3, 0.4) is 0 Å². The summed E-state index contributed by atoms with van der Waals surface area (Å²) in [7, 11) is -1.19. The van der Waals surface area contributed by atoms with Crippen LogP contribution in [0.4, 0.5) is 10.1 Å². The predicted octanol–water partition coefficient (Wildman–Crippen LogP) is 1.44. The number of hydrogen-bond donors (Lipinski definition) is 2. The van der Waals surface area contributed by atoms with Crippen LogP contribution in [0.25, 0.3) is 0 Å². The fraction of sp³-hybridized carbons (Fsp3) is 0.176. The van der Waals surface area contributed by atoms with E-state index >= 15 is 0 Å². The van der Waals surface area contributed by atoms with Crippen LogP contribution in [0, 0.1) is 5.82 Å². The number of carbonyl (C=O) groups excluding carboxylic acids is 2. The molecular weight excluding hydrogens is 361 g/mol. The highest BCUT2D eigenvalue weighted by molar-refractivity contribution is 7.89. The first-order valence-electron chi connectivity index (χ1n) is 7.58. The average molecular weight is 379 g/mol. The third-order valence-corrected chi connectivity index (χ3v) is 5.34. The van der Waals surface area contributed by atoms with Crippen molar-refractivity contribution >= 4 is 27.5 Å². The van der Waals surface area contributed by atoms with Gasteiger partial charge in [0.05, 0.1) is 11.4 Å². The Balaban J connectivity index is 2.07. The largest absolute Gasteiger partial charge is 0.355 e. The molecule has 0 heterocycles. The minimum atomic E-state index is -3.93. The van der Waals surface area contributed by atoms with Crippen molar-refractivity contribution in [3.63, 3.8) is 0 Å². The second kappa shape index (κ2) is 8.07. The molecule has 2 rings (SSSR count). The van der Waals surface area contributed by atoms with Gasteiger partial charge in [-0.1, -0.05) is 6.07 Å². The van der Waals surface area contributed by atoms with Crippen LogP contribution < -0.4 is 10.6 Å². The second-order valence-corrected chi connectivity index (χ2v) is 7.47. The lowest BCUT2D eigenvalue weighted by Gasteiger charge is -2.17. The van der Waals surface area contributed by atoms with Gasteiger partial charge in [-0.25, -0.2) is 12.8 Å². The van der Waals surface area contributed by atoms with E-state index in [1.807, 2.05) is 0 Å². The second-order valence-electron chi connectivity index (χ2n) is 5.42.